The maximum Gasteiger partial charge on any atom is 0.227 e. The van der Waals surface area contributed by atoms with E-state index >= 15 is 0 Å². The number of Topliss-reactive ketones (excluding diaryl/α,β-unsaturated/α-hetero) is 1. The van der Waals surface area contributed by atoms with E-state index in [4.69, 9.17) is 4.74 Å². The van der Waals surface area contributed by atoms with Crippen LogP contribution < -0.4 is 0 Å². The van der Waals surface area contributed by atoms with Crippen molar-refractivity contribution in [2.45, 2.75) is 33.6 Å². The second kappa shape index (κ2) is 4.74. The van der Waals surface area contributed by atoms with Crippen LogP contribution in [0.5, 0.6) is 0 Å². The number of benzene rings is 1. The van der Waals surface area contributed by atoms with Gasteiger partial charge in [-0.2, -0.15) is 0 Å². The molecule has 2 nitrogen and oxygen atoms in total. The first-order valence-electron chi connectivity index (χ1n) is 6.05. The summed E-state index contributed by atoms with van der Waals surface area (Å²) in [6.45, 7) is 6.67. The Labute approximate surface area is 102 Å². The molecular weight excluding hydrogens is 212 g/mol. The number of hydrogen-bond acceptors (Lipinski definition) is 2. The quantitative estimate of drug-likeness (QED) is 0.727. The van der Waals surface area contributed by atoms with Crippen LogP contribution in [-0.2, 0) is 4.74 Å². The number of rotatable bonds is 2. The summed E-state index contributed by atoms with van der Waals surface area (Å²) in [6.07, 6.45) is 3.85. The van der Waals surface area contributed by atoms with Crippen molar-refractivity contribution < 1.29 is 9.53 Å². The second-order valence-electron chi connectivity index (χ2n) is 4.66. The summed E-state index contributed by atoms with van der Waals surface area (Å²) in [5.74, 6) is 0.547. The summed E-state index contributed by atoms with van der Waals surface area (Å²) in [5.41, 5.74) is 4.05. The molecule has 0 spiro atoms. The number of carbonyl (C=O) groups is 1. The molecule has 0 saturated heterocycles. The Bertz CT molecular complexity index is 461. The maximum atomic E-state index is 12.4. The van der Waals surface area contributed by atoms with Gasteiger partial charge in [-0.3, -0.25) is 4.79 Å². The zero-order chi connectivity index (χ0) is 12.4. The van der Waals surface area contributed by atoms with Crippen molar-refractivity contribution in [3.63, 3.8) is 0 Å². The molecule has 0 unspecified atom stereocenters. The molecule has 0 amide bonds. The first-order chi connectivity index (χ1) is 8.09. The minimum absolute atomic E-state index is 0.0275. The predicted molar refractivity (Wildman–Crippen MR) is 68.3 cm³/mol. The first-order valence-corrected chi connectivity index (χ1v) is 6.05. The molecule has 1 aliphatic heterocycles. The summed E-state index contributed by atoms with van der Waals surface area (Å²) in [7, 11) is 0. The van der Waals surface area contributed by atoms with Gasteiger partial charge in [-0.25, -0.2) is 0 Å². The van der Waals surface area contributed by atoms with Gasteiger partial charge in [-0.15, -0.1) is 0 Å². The SMILES string of the molecule is Cc1cc(C)c(C(=O)C2=CCCCO2)c(C)c1. The van der Waals surface area contributed by atoms with Crippen molar-refractivity contribution in [3.8, 4) is 0 Å². The van der Waals surface area contributed by atoms with Crippen LogP contribution in [0.3, 0.4) is 0 Å². The fraction of sp³-hybridized carbons (Fsp3) is 0.400. The number of aryl methyl sites for hydroxylation is 3. The molecule has 2 heteroatoms. The Morgan fingerprint density at radius 2 is 1.82 bits per heavy atom. The van der Waals surface area contributed by atoms with Crippen molar-refractivity contribution in [1.29, 1.82) is 0 Å². The van der Waals surface area contributed by atoms with Gasteiger partial charge in [0, 0.05) is 5.56 Å². The molecule has 17 heavy (non-hydrogen) atoms. The second-order valence-corrected chi connectivity index (χ2v) is 4.66. The van der Waals surface area contributed by atoms with Crippen LogP contribution in [0.4, 0.5) is 0 Å². The van der Waals surface area contributed by atoms with E-state index in [0.29, 0.717) is 12.4 Å². The monoisotopic (exact) mass is 230 g/mol. The lowest BCUT2D eigenvalue weighted by atomic mass is 9.95. The van der Waals surface area contributed by atoms with Crippen LogP contribution in [0.15, 0.2) is 24.0 Å². The highest BCUT2D eigenvalue weighted by Crippen LogP contribution is 2.22. The van der Waals surface area contributed by atoms with Crippen LogP contribution in [0, 0.1) is 20.8 Å². The molecule has 1 aliphatic rings. The molecule has 0 bridgehead atoms. The highest BCUT2D eigenvalue weighted by atomic mass is 16.5. The lowest BCUT2D eigenvalue weighted by Gasteiger charge is -2.16. The molecule has 0 saturated carbocycles. The predicted octanol–water partition coefficient (Wildman–Crippen LogP) is 3.49. The Kier molecular flexibility index (Phi) is 3.32. The summed E-state index contributed by atoms with van der Waals surface area (Å²) < 4.78 is 5.45. The van der Waals surface area contributed by atoms with Crippen LogP contribution in [0.25, 0.3) is 0 Å². The van der Waals surface area contributed by atoms with Gasteiger partial charge in [-0.05, 0) is 50.8 Å². The Balaban J connectivity index is 2.40. The van der Waals surface area contributed by atoms with Crippen LogP contribution >= 0.6 is 0 Å². The van der Waals surface area contributed by atoms with Gasteiger partial charge in [-0.1, -0.05) is 17.7 Å². The molecule has 90 valence electrons. The highest BCUT2D eigenvalue weighted by Gasteiger charge is 2.19. The summed E-state index contributed by atoms with van der Waals surface area (Å²) in [6, 6.07) is 4.09. The van der Waals surface area contributed by atoms with Gasteiger partial charge >= 0.3 is 0 Å². The van der Waals surface area contributed by atoms with E-state index in [1.54, 1.807) is 0 Å². The van der Waals surface area contributed by atoms with Crippen LogP contribution in [0.2, 0.25) is 0 Å². The van der Waals surface area contributed by atoms with Gasteiger partial charge in [0.1, 0.15) is 0 Å². The van der Waals surface area contributed by atoms with Crippen molar-refractivity contribution in [1.82, 2.24) is 0 Å². The molecule has 0 aromatic heterocycles. The van der Waals surface area contributed by atoms with E-state index < -0.39 is 0 Å². The fourth-order valence-electron chi connectivity index (χ4n) is 2.38. The molecule has 0 fully saturated rings. The normalized spacial score (nSPS) is 15.1. The average Bonchev–Trinajstić information content (AvgIpc) is 2.28. The van der Waals surface area contributed by atoms with Gasteiger partial charge in [0.25, 0.3) is 0 Å². The third kappa shape index (κ3) is 2.41. The molecule has 0 radical (unpaired) electrons. The van der Waals surface area contributed by atoms with Crippen molar-refractivity contribution in [2.75, 3.05) is 6.61 Å². The number of allylic oxidation sites excluding steroid dienone is 2. The lowest BCUT2D eigenvalue weighted by Crippen LogP contribution is -2.14. The zero-order valence-electron chi connectivity index (χ0n) is 10.7. The van der Waals surface area contributed by atoms with Gasteiger partial charge in [0.15, 0.2) is 5.76 Å². The minimum Gasteiger partial charge on any atom is -0.490 e. The fourth-order valence-corrected chi connectivity index (χ4v) is 2.38. The van der Waals surface area contributed by atoms with E-state index in [9.17, 15) is 4.79 Å². The number of ether oxygens (including phenoxy) is 1. The summed E-state index contributed by atoms with van der Waals surface area (Å²) in [5, 5.41) is 0. The first kappa shape index (κ1) is 11.9. The summed E-state index contributed by atoms with van der Waals surface area (Å²) >= 11 is 0. The van der Waals surface area contributed by atoms with E-state index in [1.165, 1.54) is 5.56 Å². The van der Waals surface area contributed by atoms with E-state index in [2.05, 4.69) is 0 Å². The van der Waals surface area contributed by atoms with Gasteiger partial charge in [0.2, 0.25) is 5.78 Å². The third-order valence-electron chi connectivity index (χ3n) is 3.06. The van der Waals surface area contributed by atoms with Crippen molar-refractivity contribution in [2.24, 2.45) is 0 Å². The summed E-state index contributed by atoms with van der Waals surface area (Å²) in [4.78, 5) is 12.4. The smallest absolute Gasteiger partial charge is 0.227 e. The zero-order valence-corrected chi connectivity index (χ0v) is 10.7. The van der Waals surface area contributed by atoms with Crippen LogP contribution in [-0.4, -0.2) is 12.4 Å². The molecule has 0 aliphatic carbocycles. The maximum absolute atomic E-state index is 12.4. The standard InChI is InChI=1S/C15H18O2/c1-10-8-11(2)14(12(3)9-10)15(16)13-6-4-5-7-17-13/h6,8-9H,4-5,7H2,1-3H3. The third-order valence-corrected chi connectivity index (χ3v) is 3.06. The Hall–Kier alpha value is -1.57. The molecule has 0 N–H and O–H groups in total. The van der Waals surface area contributed by atoms with Gasteiger partial charge in [0.05, 0.1) is 6.61 Å². The number of hydrogen-bond donors (Lipinski definition) is 0. The molecular formula is C15H18O2. The molecule has 2 rings (SSSR count). The minimum atomic E-state index is 0.0275. The largest absolute Gasteiger partial charge is 0.490 e. The topological polar surface area (TPSA) is 26.3 Å². The average molecular weight is 230 g/mol. The molecule has 1 aromatic rings. The molecule has 1 heterocycles. The Morgan fingerprint density at radius 1 is 1.18 bits per heavy atom. The van der Waals surface area contributed by atoms with Gasteiger partial charge < -0.3 is 4.74 Å². The van der Waals surface area contributed by atoms with E-state index in [-0.39, 0.29) is 5.78 Å². The van der Waals surface area contributed by atoms with E-state index in [0.717, 1.165) is 29.5 Å². The Morgan fingerprint density at radius 3 is 2.35 bits per heavy atom. The van der Waals surface area contributed by atoms with Crippen molar-refractivity contribution >= 4 is 5.78 Å². The van der Waals surface area contributed by atoms with E-state index in [1.807, 2.05) is 39.0 Å². The molecule has 1 aromatic carbocycles. The molecule has 0 atom stereocenters. The number of carbonyl (C=O) groups excluding carboxylic acids is 1. The van der Waals surface area contributed by atoms with Crippen LogP contribution in [0.1, 0.15) is 39.9 Å². The van der Waals surface area contributed by atoms with Crippen molar-refractivity contribution in [3.05, 3.63) is 46.2 Å². The number of ketones is 1. The highest BCUT2D eigenvalue weighted by molar-refractivity contribution is 6.09. The lowest BCUT2D eigenvalue weighted by molar-refractivity contribution is 0.0898.